The Labute approximate surface area is 127 Å². The number of Topliss-reactive ketones (excluding diaryl/α,β-unsaturated/α-hetero) is 1. The van der Waals surface area contributed by atoms with E-state index in [0.717, 1.165) is 27.3 Å². The summed E-state index contributed by atoms with van der Waals surface area (Å²) in [6.45, 7) is 4.04. The fourth-order valence-electron chi connectivity index (χ4n) is 2.20. The van der Waals surface area contributed by atoms with Crippen molar-refractivity contribution in [3.05, 3.63) is 59.2 Å². The highest BCUT2D eigenvalue weighted by molar-refractivity contribution is 7.99. The smallest absolute Gasteiger partial charge is 0.173 e. The van der Waals surface area contributed by atoms with Crippen LogP contribution in [0.15, 0.2) is 47.6 Å². The molecular formula is C17H16N2OS. The van der Waals surface area contributed by atoms with Gasteiger partial charge in [0.15, 0.2) is 10.9 Å². The molecule has 0 fully saturated rings. The van der Waals surface area contributed by atoms with E-state index in [1.807, 2.05) is 50.2 Å². The van der Waals surface area contributed by atoms with Gasteiger partial charge < -0.3 is 4.98 Å². The van der Waals surface area contributed by atoms with Crippen LogP contribution in [0.5, 0.6) is 0 Å². The first-order chi connectivity index (χ1) is 10.1. The lowest BCUT2D eigenvalue weighted by Crippen LogP contribution is -2.02. The molecular weight excluding hydrogens is 280 g/mol. The molecule has 0 saturated heterocycles. The SMILES string of the molecule is Cc1cccc(C(=O)CSc2nc3ccc(C)cc3[nH]2)c1. The van der Waals surface area contributed by atoms with Crippen molar-refractivity contribution in [1.82, 2.24) is 9.97 Å². The van der Waals surface area contributed by atoms with Crippen LogP contribution in [-0.2, 0) is 0 Å². The monoisotopic (exact) mass is 296 g/mol. The number of carbonyl (C=O) groups excluding carboxylic acids is 1. The van der Waals surface area contributed by atoms with Crippen molar-refractivity contribution in [3.63, 3.8) is 0 Å². The number of thioether (sulfide) groups is 1. The summed E-state index contributed by atoms with van der Waals surface area (Å²) < 4.78 is 0. The minimum Gasteiger partial charge on any atom is -0.333 e. The molecule has 0 aliphatic rings. The van der Waals surface area contributed by atoms with Crippen molar-refractivity contribution < 1.29 is 4.79 Å². The lowest BCUT2D eigenvalue weighted by molar-refractivity contribution is 0.102. The van der Waals surface area contributed by atoms with Crippen LogP contribution in [0.2, 0.25) is 0 Å². The van der Waals surface area contributed by atoms with Crippen molar-refractivity contribution in [1.29, 1.82) is 0 Å². The summed E-state index contributed by atoms with van der Waals surface area (Å²) in [4.78, 5) is 19.9. The van der Waals surface area contributed by atoms with Gasteiger partial charge in [-0.3, -0.25) is 4.79 Å². The van der Waals surface area contributed by atoms with Crippen LogP contribution in [0.1, 0.15) is 21.5 Å². The van der Waals surface area contributed by atoms with Gasteiger partial charge in [-0.2, -0.15) is 0 Å². The first-order valence-electron chi connectivity index (χ1n) is 6.81. The van der Waals surface area contributed by atoms with Gasteiger partial charge in [-0.1, -0.05) is 41.6 Å². The Bertz CT molecular complexity index is 807. The van der Waals surface area contributed by atoms with Gasteiger partial charge in [0, 0.05) is 5.56 Å². The second-order valence-electron chi connectivity index (χ2n) is 5.14. The number of aryl methyl sites for hydroxylation is 2. The maximum atomic E-state index is 12.2. The zero-order valence-corrected chi connectivity index (χ0v) is 12.8. The molecule has 0 saturated carbocycles. The number of imidazole rings is 1. The fraction of sp³-hybridized carbons (Fsp3) is 0.176. The standard InChI is InChI=1S/C17H16N2OS/c1-11-4-3-5-13(8-11)16(20)10-21-17-18-14-7-6-12(2)9-15(14)19-17/h3-9H,10H2,1-2H3,(H,18,19). The number of benzene rings is 2. The Morgan fingerprint density at radius 2 is 1.95 bits per heavy atom. The van der Waals surface area contributed by atoms with Crippen molar-refractivity contribution in [2.75, 3.05) is 5.75 Å². The number of aromatic amines is 1. The van der Waals surface area contributed by atoms with Gasteiger partial charge in [0.25, 0.3) is 0 Å². The zero-order valence-electron chi connectivity index (χ0n) is 12.0. The molecule has 1 N–H and O–H groups in total. The number of fused-ring (bicyclic) bond motifs is 1. The largest absolute Gasteiger partial charge is 0.333 e. The summed E-state index contributed by atoms with van der Waals surface area (Å²) in [5.74, 6) is 0.516. The molecule has 0 aliphatic heterocycles. The molecule has 0 amide bonds. The summed E-state index contributed by atoms with van der Waals surface area (Å²) in [7, 11) is 0. The number of aromatic nitrogens is 2. The van der Waals surface area contributed by atoms with E-state index in [4.69, 9.17) is 0 Å². The second kappa shape index (κ2) is 5.74. The number of hydrogen-bond acceptors (Lipinski definition) is 3. The quantitative estimate of drug-likeness (QED) is 0.581. The van der Waals surface area contributed by atoms with Gasteiger partial charge in [0.2, 0.25) is 0 Å². The first kappa shape index (κ1) is 13.9. The van der Waals surface area contributed by atoms with Crippen LogP contribution < -0.4 is 0 Å². The molecule has 3 aromatic rings. The Kier molecular flexibility index (Phi) is 3.80. The molecule has 3 nitrogen and oxygen atoms in total. The molecule has 1 heterocycles. The van der Waals surface area contributed by atoms with Crippen LogP contribution in [0.4, 0.5) is 0 Å². The van der Waals surface area contributed by atoms with Gasteiger partial charge in [-0.15, -0.1) is 0 Å². The van der Waals surface area contributed by atoms with E-state index in [0.29, 0.717) is 5.75 Å². The second-order valence-corrected chi connectivity index (χ2v) is 6.11. The van der Waals surface area contributed by atoms with Crippen LogP contribution >= 0.6 is 11.8 Å². The van der Waals surface area contributed by atoms with Crippen LogP contribution in [0, 0.1) is 13.8 Å². The number of hydrogen-bond donors (Lipinski definition) is 1. The van der Waals surface area contributed by atoms with E-state index in [9.17, 15) is 4.79 Å². The summed E-state index contributed by atoms with van der Waals surface area (Å²) >= 11 is 1.44. The lowest BCUT2D eigenvalue weighted by atomic mass is 10.1. The van der Waals surface area contributed by atoms with Gasteiger partial charge in [0.05, 0.1) is 16.8 Å². The third-order valence-corrected chi connectivity index (χ3v) is 4.17. The average Bonchev–Trinajstić information content (AvgIpc) is 2.86. The molecule has 21 heavy (non-hydrogen) atoms. The van der Waals surface area contributed by atoms with E-state index in [1.54, 1.807) is 0 Å². The third kappa shape index (κ3) is 3.16. The van der Waals surface area contributed by atoms with E-state index < -0.39 is 0 Å². The Hall–Kier alpha value is -2.07. The fourth-order valence-corrected chi connectivity index (χ4v) is 2.98. The summed E-state index contributed by atoms with van der Waals surface area (Å²) in [5, 5.41) is 0.789. The molecule has 0 spiro atoms. The van der Waals surface area contributed by atoms with Crippen molar-refractivity contribution in [2.24, 2.45) is 0 Å². The maximum absolute atomic E-state index is 12.2. The van der Waals surface area contributed by atoms with Crippen molar-refractivity contribution in [3.8, 4) is 0 Å². The zero-order chi connectivity index (χ0) is 14.8. The summed E-state index contributed by atoms with van der Waals surface area (Å²) in [5.41, 5.74) is 5.00. The summed E-state index contributed by atoms with van der Waals surface area (Å²) in [6.07, 6.45) is 0. The Morgan fingerprint density at radius 3 is 2.76 bits per heavy atom. The first-order valence-corrected chi connectivity index (χ1v) is 7.79. The van der Waals surface area contributed by atoms with Gasteiger partial charge in [-0.05, 0) is 37.6 Å². The van der Waals surface area contributed by atoms with Gasteiger partial charge in [-0.25, -0.2) is 4.98 Å². The molecule has 4 heteroatoms. The number of ketones is 1. The van der Waals surface area contributed by atoms with E-state index >= 15 is 0 Å². The van der Waals surface area contributed by atoms with Crippen molar-refractivity contribution >= 4 is 28.6 Å². The minimum absolute atomic E-state index is 0.125. The lowest BCUT2D eigenvalue weighted by Gasteiger charge is -2.00. The van der Waals surface area contributed by atoms with Crippen molar-refractivity contribution in [2.45, 2.75) is 19.0 Å². The van der Waals surface area contributed by atoms with Crippen LogP contribution in [-0.4, -0.2) is 21.5 Å². The normalized spacial score (nSPS) is 11.0. The van der Waals surface area contributed by atoms with Crippen LogP contribution in [0.3, 0.4) is 0 Å². The predicted molar refractivity (Wildman–Crippen MR) is 87.1 cm³/mol. The molecule has 0 radical (unpaired) electrons. The predicted octanol–water partition coefficient (Wildman–Crippen LogP) is 4.15. The number of carbonyl (C=O) groups is 1. The topological polar surface area (TPSA) is 45.8 Å². The Balaban J connectivity index is 1.72. The average molecular weight is 296 g/mol. The Morgan fingerprint density at radius 1 is 1.14 bits per heavy atom. The number of H-pyrrole nitrogens is 1. The molecule has 0 atom stereocenters. The highest BCUT2D eigenvalue weighted by Crippen LogP contribution is 2.21. The summed E-state index contributed by atoms with van der Waals surface area (Å²) in [6, 6.07) is 13.8. The third-order valence-electron chi connectivity index (χ3n) is 3.30. The molecule has 3 rings (SSSR count). The van der Waals surface area contributed by atoms with E-state index in [1.165, 1.54) is 17.3 Å². The molecule has 2 aromatic carbocycles. The van der Waals surface area contributed by atoms with E-state index in [-0.39, 0.29) is 5.78 Å². The van der Waals surface area contributed by atoms with E-state index in [2.05, 4.69) is 16.0 Å². The van der Waals surface area contributed by atoms with Gasteiger partial charge in [0.1, 0.15) is 0 Å². The number of nitrogens with zero attached hydrogens (tertiary/aromatic N) is 1. The molecule has 0 unspecified atom stereocenters. The van der Waals surface area contributed by atoms with Gasteiger partial charge >= 0.3 is 0 Å². The maximum Gasteiger partial charge on any atom is 0.173 e. The minimum atomic E-state index is 0.125. The number of nitrogens with one attached hydrogen (secondary N) is 1. The highest BCUT2D eigenvalue weighted by atomic mass is 32.2. The molecule has 106 valence electrons. The molecule has 0 bridgehead atoms. The van der Waals surface area contributed by atoms with Crippen LogP contribution in [0.25, 0.3) is 11.0 Å². The highest BCUT2D eigenvalue weighted by Gasteiger charge is 2.09. The number of rotatable bonds is 4. The molecule has 1 aromatic heterocycles. The molecule has 0 aliphatic carbocycles.